The molecule has 3 N–H and O–H groups in total. The summed E-state index contributed by atoms with van der Waals surface area (Å²) in [4.78, 5) is 33.2. The molecule has 0 radical (unpaired) electrons. The van der Waals surface area contributed by atoms with Crippen LogP contribution in [0.4, 0.5) is 26.3 Å². The summed E-state index contributed by atoms with van der Waals surface area (Å²) in [7, 11) is 0. The van der Waals surface area contributed by atoms with Crippen LogP contribution < -0.4 is 10.6 Å². The van der Waals surface area contributed by atoms with Gasteiger partial charge in [-0.25, -0.2) is 18.2 Å². The summed E-state index contributed by atoms with van der Waals surface area (Å²) in [5.74, 6) is -5.20. The Kier molecular flexibility index (Phi) is 7.59. The van der Waals surface area contributed by atoms with Crippen molar-refractivity contribution in [3.63, 3.8) is 0 Å². The zero-order chi connectivity index (χ0) is 29.6. The summed E-state index contributed by atoms with van der Waals surface area (Å²) in [5.41, 5.74) is -3.37. The van der Waals surface area contributed by atoms with Gasteiger partial charge < -0.3 is 15.6 Å². The number of amides is 2. The highest BCUT2D eigenvalue weighted by molar-refractivity contribution is 6.31. The number of hydrogen-bond donors (Lipinski definition) is 3. The van der Waals surface area contributed by atoms with E-state index >= 15 is 4.39 Å². The second-order valence-electron chi connectivity index (χ2n) is 9.94. The van der Waals surface area contributed by atoms with Crippen molar-refractivity contribution >= 4 is 34.4 Å². The molecule has 2 amide bonds. The topological polar surface area (TPSA) is 86.9 Å². The summed E-state index contributed by atoms with van der Waals surface area (Å²) < 4.78 is 82.7. The number of alkyl halides is 3. The Labute approximate surface area is 228 Å². The molecule has 6 nitrogen and oxygen atoms in total. The maximum absolute atomic E-state index is 15.0. The van der Waals surface area contributed by atoms with Crippen LogP contribution in [0, 0.1) is 17.5 Å². The molecule has 0 aliphatic rings. The number of carbonyl (C=O) groups is 2. The molecule has 0 bridgehead atoms. The number of rotatable bonds is 5. The van der Waals surface area contributed by atoms with Gasteiger partial charge in [0, 0.05) is 21.7 Å². The predicted octanol–water partition coefficient (Wildman–Crippen LogP) is 6.71. The molecule has 0 spiro atoms. The Morgan fingerprint density at radius 1 is 0.950 bits per heavy atom. The van der Waals surface area contributed by atoms with Crippen molar-refractivity contribution < 1.29 is 35.9 Å². The molecule has 1 atom stereocenters. The third-order valence-electron chi connectivity index (χ3n) is 5.63. The fourth-order valence-corrected chi connectivity index (χ4v) is 4.19. The lowest BCUT2D eigenvalue weighted by Crippen LogP contribution is -2.48. The molecule has 4 aromatic rings. The van der Waals surface area contributed by atoms with Gasteiger partial charge in [-0.05, 0) is 69.3 Å². The zero-order valence-electron chi connectivity index (χ0n) is 21.1. The number of fused-ring (bicyclic) bond motifs is 1. The van der Waals surface area contributed by atoms with Gasteiger partial charge in [-0.1, -0.05) is 11.6 Å². The average molecular weight is 583 g/mol. The normalized spacial score (nSPS) is 12.8. The van der Waals surface area contributed by atoms with Gasteiger partial charge >= 0.3 is 6.18 Å². The first-order valence-corrected chi connectivity index (χ1v) is 12.1. The molecule has 1 aromatic heterocycles. The van der Waals surface area contributed by atoms with Crippen LogP contribution in [0.2, 0.25) is 5.02 Å². The summed E-state index contributed by atoms with van der Waals surface area (Å²) in [6.45, 7) is 5.00. The third kappa shape index (κ3) is 6.22. The summed E-state index contributed by atoms with van der Waals surface area (Å²) >= 11 is 6.19. The molecule has 0 saturated heterocycles. The monoisotopic (exact) mass is 582 g/mol. The highest BCUT2D eigenvalue weighted by Crippen LogP contribution is 2.34. The third-order valence-corrected chi connectivity index (χ3v) is 5.98. The minimum Gasteiger partial charge on any atom is -0.349 e. The van der Waals surface area contributed by atoms with Crippen molar-refractivity contribution in [2.75, 3.05) is 0 Å². The number of carbonyl (C=O) groups excluding carboxylic acids is 2. The molecule has 210 valence electrons. The van der Waals surface area contributed by atoms with E-state index in [1.807, 2.05) is 0 Å². The minimum absolute atomic E-state index is 0.0406. The minimum atomic E-state index is -4.85. The lowest BCUT2D eigenvalue weighted by molar-refractivity contribution is -0.137. The Morgan fingerprint density at radius 2 is 1.65 bits per heavy atom. The molecule has 13 heteroatoms. The van der Waals surface area contributed by atoms with E-state index in [2.05, 4.69) is 20.6 Å². The van der Waals surface area contributed by atoms with Gasteiger partial charge in [0.2, 0.25) is 5.91 Å². The van der Waals surface area contributed by atoms with Crippen molar-refractivity contribution in [1.82, 2.24) is 20.6 Å². The van der Waals surface area contributed by atoms with Crippen molar-refractivity contribution in [2.45, 2.75) is 38.5 Å². The van der Waals surface area contributed by atoms with Gasteiger partial charge in [-0.3, -0.25) is 9.59 Å². The maximum Gasteiger partial charge on any atom is 0.416 e. The highest BCUT2D eigenvalue weighted by atomic mass is 35.5. The smallest absolute Gasteiger partial charge is 0.349 e. The second kappa shape index (κ2) is 10.5. The molecular formula is C27H21ClF6N4O2. The number of hydrogen-bond acceptors (Lipinski definition) is 3. The van der Waals surface area contributed by atoms with Gasteiger partial charge in [0.1, 0.15) is 40.4 Å². The van der Waals surface area contributed by atoms with Crippen LogP contribution in [0.5, 0.6) is 0 Å². The zero-order valence-corrected chi connectivity index (χ0v) is 21.9. The highest BCUT2D eigenvalue weighted by Gasteiger charge is 2.33. The van der Waals surface area contributed by atoms with Gasteiger partial charge in [0.05, 0.1) is 11.1 Å². The van der Waals surface area contributed by atoms with Crippen molar-refractivity contribution in [3.8, 4) is 11.4 Å². The molecule has 0 aliphatic carbocycles. The van der Waals surface area contributed by atoms with Gasteiger partial charge in [0.15, 0.2) is 0 Å². The molecule has 3 aromatic carbocycles. The number of aromatic amines is 1. The Bertz CT molecular complexity index is 1630. The van der Waals surface area contributed by atoms with Crippen LogP contribution in [-0.4, -0.2) is 27.3 Å². The van der Waals surface area contributed by atoms with Crippen LogP contribution in [0.3, 0.4) is 0 Å². The molecule has 0 fully saturated rings. The quantitative estimate of drug-likeness (QED) is 0.229. The Morgan fingerprint density at radius 3 is 2.30 bits per heavy atom. The number of nitrogens with zero attached hydrogens (tertiary/aromatic N) is 1. The van der Waals surface area contributed by atoms with E-state index in [9.17, 15) is 31.5 Å². The summed E-state index contributed by atoms with van der Waals surface area (Å²) in [5, 5.41) is 4.95. The van der Waals surface area contributed by atoms with E-state index in [1.165, 1.54) is 12.1 Å². The second-order valence-corrected chi connectivity index (χ2v) is 10.3. The maximum atomic E-state index is 15.0. The lowest BCUT2D eigenvalue weighted by atomic mass is 10.0. The molecule has 40 heavy (non-hydrogen) atoms. The van der Waals surface area contributed by atoms with Crippen molar-refractivity contribution in [3.05, 3.63) is 87.7 Å². The summed E-state index contributed by atoms with van der Waals surface area (Å²) in [6.07, 6.45) is -4.85. The van der Waals surface area contributed by atoms with Crippen molar-refractivity contribution in [2.24, 2.45) is 0 Å². The number of benzene rings is 3. The van der Waals surface area contributed by atoms with E-state index in [0.29, 0.717) is 12.1 Å². The van der Waals surface area contributed by atoms with Gasteiger partial charge in [-0.15, -0.1) is 0 Å². The van der Waals surface area contributed by atoms with E-state index in [1.54, 1.807) is 20.8 Å². The largest absolute Gasteiger partial charge is 0.416 e. The van der Waals surface area contributed by atoms with E-state index in [4.69, 9.17) is 11.6 Å². The number of H-pyrrole nitrogens is 1. The number of nitrogens with one attached hydrogen (secondary N) is 3. The molecule has 0 saturated carbocycles. The fraction of sp³-hybridized carbons (Fsp3) is 0.222. The number of imidazole rings is 1. The molecule has 0 aliphatic heterocycles. The average Bonchev–Trinajstić information content (AvgIpc) is 3.26. The first-order valence-electron chi connectivity index (χ1n) is 11.7. The van der Waals surface area contributed by atoms with E-state index in [0.717, 1.165) is 24.3 Å². The van der Waals surface area contributed by atoms with Crippen molar-refractivity contribution in [1.29, 1.82) is 0 Å². The van der Waals surface area contributed by atoms with Gasteiger partial charge in [-0.2, -0.15) is 13.2 Å². The summed E-state index contributed by atoms with van der Waals surface area (Å²) in [6, 6.07) is 5.46. The molecule has 4 rings (SSSR count). The first kappa shape index (κ1) is 28.9. The Hall–Kier alpha value is -4.06. The van der Waals surface area contributed by atoms with E-state index in [-0.39, 0.29) is 33.0 Å². The lowest BCUT2D eigenvalue weighted by Gasteiger charge is -2.26. The van der Waals surface area contributed by atoms with Crippen LogP contribution >= 0.6 is 11.6 Å². The van der Waals surface area contributed by atoms with Crippen LogP contribution in [0.15, 0.2) is 48.5 Å². The molecule has 1 unspecified atom stereocenters. The molecule has 1 heterocycles. The standard InChI is InChI=1S/C27H21ClF6N4O2/c1-26(2,3)38-25(40)21(16-11-14(29)4-5-17(16)28)37-24(39)20-18(31)6-7-19-22(20)36-23(35-19)12-8-13(27(32,33)34)10-15(30)9-12/h4-11,21H,1-3H3,(H,35,36)(H,37,39)(H,38,40). The van der Waals surface area contributed by atoms with Gasteiger partial charge in [0.25, 0.3) is 5.91 Å². The first-order chi connectivity index (χ1) is 18.5. The number of halogens is 7. The predicted molar refractivity (Wildman–Crippen MR) is 136 cm³/mol. The molecular weight excluding hydrogens is 562 g/mol. The van der Waals surface area contributed by atoms with Crippen LogP contribution in [0.25, 0.3) is 22.4 Å². The van der Waals surface area contributed by atoms with E-state index < -0.39 is 58.1 Å². The van der Waals surface area contributed by atoms with Crippen LogP contribution in [0.1, 0.15) is 48.3 Å². The Balaban J connectivity index is 1.79. The van der Waals surface area contributed by atoms with Crippen LogP contribution in [-0.2, 0) is 11.0 Å². The SMILES string of the molecule is CC(C)(C)NC(=O)C(NC(=O)c1c(F)ccc2[nH]c(-c3cc(F)cc(C(F)(F)F)c3)nc12)c1cc(F)ccc1Cl. The number of aromatic nitrogens is 2. The fourth-order valence-electron chi connectivity index (χ4n) is 3.96.